The molecule has 0 unspecified atom stereocenters. The maximum Gasteiger partial charge on any atom is 0.401 e. The number of hydrogen-bond donors (Lipinski definition) is 2. The lowest BCUT2D eigenvalue weighted by Gasteiger charge is -2.24. The summed E-state index contributed by atoms with van der Waals surface area (Å²) in [6, 6.07) is 7.43. The van der Waals surface area contributed by atoms with Crippen LogP contribution in [0.5, 0.6) is 17.2 Å². The second-order valence-electron chi connectivity index (χ2n) is 9.18. The Balaban J connectivity index is 1.37. The van der Waals surface area contributed by atoms with E-state index >= 15 is 0 Å². The number of carbonyl (C=O) groups is 1. The van der Waals surface area contributed by atoms with Crippen molar-refractivity contribution in [1.29, 1.82) is 0 Å². The van der Waals surface area contributed by atoms with Gasteiger partial charge in [0.15, 0.2) is 17.4 Å². The quantitative estimate of drug-likeness (QED) is 0.235. The van der Waals surface area contributed by atoms with Gasteiger partial charge in [-0.25, -0.2) is 14.8 Å². The third-order valence-electron chi connectivity index (χ3n) is 5.93. The molecule has 216 valence electrons. The predicted octanol–water partition coefficient (Wildman–Crippen LogP) is 6.00. The van der Waals surface area contributed by atoms with Crippen LogP contribution in [0.2, 0.25) is 0 Å². The van der Waals surface area contributed by atoms with Crippen molar-refractivity contribution in [2.75, 3.05) is 24.4 Å². The van der Waals surface area contributed by atoms with Gasteiger partial charge in [-0.1, -0.05) is 5.16 Å². The second-order valence-corrected chi connectivity index (χ2v) is 9.18. The minimum absolute atomic E-state index is 0.182. The first-order chi connectivity index (χ1) is 19.5. The molecule has 0 spiro atoms. The van der Waals surface area contributed by atoms with Gasteiger partial charge in [0, 0.05) is 29.5 Å². The van der Waals surface area contributed by atoms with Crippen LogP contribution in [-0.4, -0.2) is 46.0 Å². The highest BCUT2D eigenvalue weighted by atomic mass is 19.4. The molecule has 0 atom stereocenters. The van der Waals surface area contributed by atoms with E-state index in [-0.39, 0.29) is 18.1 Å². The lowest BCUT2D eigenvalue weighted by molar-refractivity contribution is -0.185. The fourth-order valence-electron chi connectivity index (χ4n) is 3.44. The Bertz CT molecular complexity index is 1490. The molecule has 2 amide bonds. The molecule has 0 aliphatic carbocycles. The van der Waals surface area contributed by atoms with Crippen molar-refractivity contribution in [2.45, 2.75) is 39.0 Å². The van der Waals surface area contributed by atoms with Gasteiger partial charge in [0.2, 0.25) is 0 Å². The average molecular weight is 573 g/mol. The van der Waals surface area contributed by atoms with E-state index in [9.17, 15) is 18.0 Å². The third kappa shape index (κ3) is 7.01. The number of nitrogens with zero attached hydrogens (tertiary/aromatic N) is 4. The highest BCUT2D eigenvalue weighted by Crippen LogP contribution is 2.41. The van der Waals surface area contributed by atoms with Crippen molar-refractivity contribution in [3.8, 4) is 28.6 Å². The first kappa shape index (κ1) is 29.1. The summed E-state index contributed by atoms with van der Waals surface area (Å²) in [7, 11) is 1.58. The van der Waals surface area contributed by atoms with Crippen molar-refractivity contribution in [3.05, 3.63) is 66.4 Å². The number of nitrogens with one attached hydrogen (secondary N) is 2. The Morgan fingerprint density at radius 2 is 1.73 bits per heavy atom. The van der Waals surface area contributed by atoms with Gasteiger partial charge in [0.25, 0.3) is 0 Å². The first-order valence-corrected chi connectivity index (χ1v) is 12.3. The minimum Gasteiger partial charge on any atom is -0.497 e. The molecule has 0 aliphatic heterocycles. The summed E-state index contributed by atoms with van der Waals surface area (Å²) in [6.07, 6.45) is 1.28. The van der Waals surface area contributed by atoms with Crippen LogP contribution in [0.3, 0.4) is 0 Å². The number of carbonyl (C=O) groups excluding carboxylic acids is 1. The molecule has 4 rings (SSSR count). The Kier molecular flexibility index (Phi) is 8.59. The fraction of sp³-hybridized carbons (Fsp3) is 0.296. The first-order valence-electron chi connectivity index (χ1n) is 12.3. The lowest BCUT2D eigenvalue weighted by Crippen LogP contribution is -2.35. The smallest absolute Gasteiger partial charge is 0.401 e. The van der Waals surface area contributed by atoms with Crippen molar-refractivity contribution < 1.29 is 36.7 Å². The van der Waals surface area contributed by atoms with E-state index in [0.717, 1.165) is 25.5 Å². The van der Waals surface area contributed by atoms with Crippen LogP contribution in [0.4, 0.5) is 29.5 Å². The number of hydrogen-bond acceptors (Lipinski definition) is 9. The molecule has 0 radical (unpaired) electrons. The van der Waals surface area contributed by atoms with Crippen LogP contribution in [0.25, 0.3) is 11.4 Å². The molecule has 0 bridgehead atoms. The summed E-state index contributed by atoms with van der Waals surface area (Å²) in [4.78, 5) is 25.0. The molecule has 14 heteroatoms. The topological polar surface area (TPSA) is 134 Å². The van der Waals surface area contributed by atoms with Crippen molar-refractivity contribution in [3.63, 3.8) is 0 Å². The highest BCUT2D eigenvalue weighted by molar-refractivity contribution is 5.98. The monoisotopic (exact) mass is 572 g/mol. The normalized spacial score (nSPS) is 11.6. The third-order valence-corrected chi connectivity index (χ3v) is 5.93. The zero-order chi connectivity index (χ0) is 29.6. The van der Waals surface area contributed by atoms with Gasteiger partial charge in [0.1, 0.15) is 29.3 Å². The van der Waals surface area contributed by atoms with E-state index < -0.39 is 23.4 Å². The van der Waals surface area contributed by atoms with E-state index in [0.29, 0.717) is 35.2 Å². The van der Waals surface area contributed by atoms with E-state index in [2.05, 4.69) is 30.7 Å². The molecular formula is C27H27F3N6O5. The number of ether oxygens (including phenoxy) is 3. The van der Waals surface area contributed by atoms with Gasteiger partial charge in [-0.2, -0.15) is 13.2 Å². The molecule has 2 N–H and O–H groups in total. The molecule has 3 aromatic heterocycles. The molecule has 41 heavy (non-hydrogen) atoms. The molecule has 0 aliphatic rings. The van der Waals surface area contributed by atoms with Crippen LogP contribution in [0.1, 0.15) is 32.1 Å². The predicted molar refractivity (Wildman–Crippen MR) is 142 cm³/mol. The fourth-order valence-corrected chi connectivity index (χ4v) is 3.44. The van der Waals surface area contributed by atoms with Crippen molar-refractivity contribution in [1.82, 2.24) is 20.1 Å². The van der Waals surface area contributed by atoms with Crippen LogP contribution < -0.4 is 24.8 Å². The molecule has 0 saturated carbocycles. The lowest BCUT2D eigenvalue weighted by atomic mass is 9.89. The molecule has 3 heterocycles. The van der Waals surface area contributed by atoms with E-state index in [1.807, 2.05) is 19.1 Å². The number of urea groups is 1. The number of anilines is 2. The largest absolute Gasteiger partial charge is 0.497 e. The number of rotatable bonds is 10. The second kappa shape index (κ2) is 12.1. The number of aromatic nitrogens is 4. The van der Waals surface area contributed by atoms with E-state index in [4.69, 9.17) is 18.7 Å². The van der Waals surface area contributed by atoms with Gasteiger partial charge >= 0.3 is 12.2 Å². The molecule has 0 fully saturated rings. The Morgan fingerprint density at radius 3 is 2.41 bits per heavy atom. The molecule has 1 aromatic carbocycles. The van der Waals surface area contributed by atoms with Gasteiger partial charge in [0.05, 0.1) is 38.0 Å². The average Bonchev–Trinajstić information content (AvgIpc) is 3.41. The summed E-state index contributed by atoms with van der Waals surface area (Å²) in [5.74, 6) is 1.51. The number of benzene rings is 1. The zero-order valence-electron chi connectivity index (χ0n) is 22.6. The van der Waals surface area contributed by atoms with Crippen molar-refractivity contribution >= 4 is 17.5 Å². The number of methoxy groups -OCH3 is 1. The zero-order valence-corrected chi connectivity index (χ0v) is 22.6. The number of amides is 2. The summed E-state index contributed by atoms with van der Waals surface area (Å²) < 4.78 is 61.2. The maximum absolute atomic E-state index is 13.2. The number of alkyl halides is 3. The maximum atomic E-state index is 13.2. The SMILES string of the molecule is CCOc1cc(OC)ccc1COc1cncc(-c2ncc(NC(=O)Nc3cc(C(C)(C)C(F)(F)F)on3)cn2)c1. The summed E-state index contributed by atoms with van der Waals surface area (Å²) in [6.45, 7) is 4.51. The van der Waals surface area contributed by atoms with Crippen LogP contribution in [0.15, 0.2) is 59.6 Å². The summed E-state index contributed by atoms with van der Waals surface area (Å²) >= 11 is 0. The minimum atomic E-state index is -4.56. The van der Waals surface area contributed by atoms with Gasteiger partial charge in [-0.05, 0) is 39.0 Å². The van der Waals surface area contributed by atoms with Gasteiger partial charge in [-0.15, -0.1) is 0 Å². The van der Waals surface area contributed by atoms with Gasteiger partial charge in [-0.3, -0.25) is 10.3 Å². The molecular weight excluding hydrogens is 545 g/mol. The van der Waals surface area contributed by atoms with Gasteiger partial charge < -0.3 is 24.1 Å². The van der Waals surface area contributed by atoms with Crippen LogP contribution >= 0.6 is 0 Å². The molecule has 11 nitrogen and oxygen atoms in total. The van der Waals surface area contributed by atoms with E-state index in [1.165, 1.54) is 12.4 Å². The number of pyridine rings is 1. The standard InChI is InChI=1S/C27H27F3N6O5/c1-5-39-21-9-19(38-4)7-6-16(21)15-40-20-8-17(11-31-14-20)24-32-12-18(13-33-24)34-25(37)35-23-10-22(41-36-23)26(2,3)27(28,29)30/h6-14H,5,15H2,1-4H3,(H2,34,35,36,37). The van der Waals surface area contributed by atoms with Crippen LogP contribution in [0, 0.1) is 0 Å². The molecule has 4 aromatic rings. The van der Waals surface area contributed by atoms with E-state index in [1.54, 1.807) is 31.6 Å². The Morgan fingerprint density at radius 1 is 0.976 bits per heavy atom. The highest BCUT2D eigenvalue weighted by Gasteiger charge is 2.51. The van der Waals surface area contributed by atoms with Crippen LogP contribution in [-0.2, 0) is 12.0 Å². The Labute approximate surface area is 233 Å². The summed E-state index contributed by atoms with van der Waals surface area (Å²) in [5, 5.41) is 8.28. The molecule has 0 saturated heterocycles. The number of halogens is 3. The Hall–Kier alpha value is -4.88. The van der Waals surface area contributed by atoms with Crippen molar-refractivity contribution in [2.24, 2.45) is 0 Å². The summed E-state index contributed by atoms with van der Waals surface area (Å²) in [5.41, 5.74) is -0.650.